The van der Waals surface area contributed by atoms with Crippen molar-refractivity contribution in [2.24, 2.45) is 0 Å². The molecule has 0 unspecified atom stereocenters. The van der Waals surface area contributed by atoms with Crippen LogP contribution in [0.2, 0.25) is 0 Å². The van der Waals surface area contributed by atoms with Crippen molar-refractivity contribution in [2.75, 3.05) is 26.2 Å². The zero-order valence-corrected chi connectivity index (χ0v) is 13.5. The molecule has 2 N–H and O–H groups in total. The van der Waals surface area contributed by atoms with E-state index in [9.17, 15) is 5.11 Å². The SMILES string of the molecule is CC[C@H](c1c(O)cc(C)c(Br)c1C)N1CCNCC1. The third-order valence-corrected chi connectivity index (χ3v) is 5.24. The fourth-order valence-electron chi connectivity index (χ4n) is 3.01. The summed E-state index contributed by atoms with van der Waals surface area (Å²) < 4.78 is 1.12. The average Bonchev–Trinajstić information content (AvgIpc) is 2.42. The van der Waals surface area contributed by atoms with Crippen molar-refractivity contribution in [2.45, 2.75) is 33.2 Å². The molecule has 19 heavy (non-hydrogen) atoms. The molecule has 0 aliphatic carbocycles. The molecule has 1 fully saturated rings. The Labute approximate surface area is 124 Å². The molecule has 1 heterocycles. The third kappa shape index (κ3) is 2.96. The number of halogens is 1. The molecule has 1 atom stereocenters. The van der Waals surface area contributed by atoms with Gasteiger partial charge in [0.05, 0.1) is 0 Å². The highest BCUT2D eigenvalue weighted by Crippen LogP contribution is 2.38. The van der Waals surface area contributed by atoms with E-state index in [-0.39, 0.29) is 0 Å². The molecule has 0 saturated carbocycles. The van der Waals surface area contributed by atoms with Crippen LogP contribution in [0.15, 0.2) is 10.5 Å². The van der Waals surface area contributed by atoms with Crippen LogP contribution in [0, 0.1) is 13.8 Å². The molecule has 4 heteroatoms. The van der Waals surface area contributed by atoms with Crippen molar-refractivity contribution in [1.29, 1.82) is 0 Å². The van der Waals surface area contributed by atoms with Gasteiger partial charge in [-0.05, 0) is 37.5 Å². The molecule has 1 aliphatic heterocycles. The van der Waals surface area contributed by atoms with Crippen LogP contribution in [0.4, 0.5) is 0 Å². The topological polar surface area (TPSA) is 35.5 Å². The molecule has 0 spiro atoms. The number of hydrogen-bond donors (Lipinski definition) is 2. The Hall–Kier alpha value is -0.580. The van der Waals surface area contributed by atoms with E-state index in [2.05, 4.69) is 40.0 Å². The fourth-order valence-corrected chi connectivity index (χ4v) is 3.34. The average molecular weight is 327 g/mol. The number of benzene rings is 1. The highest BCUT2D eigenvalue weighted by atomic mass is 79.9. The highest BCUT2D eigenvalue weighted by molar-refractivity contribution is 9.10. The van der Waals surface area contributed by atoms with E-state index in [1.165, 1.54) is 5.56 Å². The Morgan fingerprint density at radius 2 is 2.00 bits per heavy atom. The molecule has 0 amide bonds. The Kier molecular flexibility index (Phi) is 4.87. The van der Waals surface area contributed by atoms with Crippen LogP contribution in [0.5, 0.6) is 5.75 Å². The van der Waals surface area contributed by atoms with Crippen LogP contribution < -0.4 is 5.32 Å². The van der Waals surface area contributed by atoms with Crippen LogP contribution in [-0.2, 0) is 0 Å². The lowest BCUT2D eigenvalue weighted by atomic mass is 9.94. The van der Waals surface area contributed by atoms with Gasteiger partial charge in [0.1, 0.15) is 5.75 Å². The minimum Gasteiger partial charge on any atom is -0.508 e. The summed E-state index contributed by atoms with van der Waals surface area (Å²) in [5, 5.41) is 13.7. The van der Waals surface area contributed by atoms with Gasteiger partial charge in [-0.25, -0.2) is 0 Å². The smallest absolute Gasteiger partial charge is 0.120 e. The van der Waals surface area contributed by atoms with Crippen LogP contribution in [-0.4, -0.2) is 36.2 Å². The van der Waals surface area contributed by atoms with Gasteiger partial charge in [-0.1, -0.05) is 22.9 Å². The summed E-state index contributed by atoms with van der Waals surface area (Å²) in [7, 11) is 0. The van der Waals surface area contributed by atoms with E-state index in [1.54, 1.807) is 0 Å². The number of phenols is 1. The lowest BCUT2D eigenvalue weighted by molar-refractivity contribution is 0.166. The summed E-state index contributed by atoms with van der Waals surface area (Å²) in [5.41, 5.74) is 3.35. The van der Waals surface area contributed by atoms with Crippen LogP contribution in [0.1, 0.15) is 36.1 Å². The second-order valence-corrected chi connectivity index (χ2v) is 6.07. The molecular formula is C15H23BrN2O. The Bertz CT molecular complexity index is 456. The highest BCUT2D eigenvalue weighted by Gasteiger charge is 2.25. The molecule has 0 aromatic heterocycles. The molecule has 1 aliphatic rings. The quantitative estimate of drug-likeness (QED) is 0.895. The molecule has 0 bridgehead atoms. The van der Waals surface area contributed by atoms with Crippen molar-refractivity contribution in [3.05, 3.63) is 27.2 Å². The molecule has 1 saturated heterocycles. The van der Waals surface area contributed by atoms with E-state index in [0.29, 0.717) is 11.8 Å². The van der Waals surface area contributed by atoms with E-state index in [1.807, 2.05) is 13.0 Å². The first-order valence-corrected chi connectivity index (χ1v) is 7.78. The summed E-state index contributed by atoms with van der Waals surface area (Å²) in [6.07, 6.45) is 1.02. The van der Waals surface area contributed by atoms with Gasteiger partial charge < -0.3 is 10.4 Å². The maximum Gasteiger partial charge on any atom is 0.120 e. The zero-order valence-electron chi connectivity index (χ0n) is 12.0. The fraction of sp³-hybridized carbons (Fsp3) is 0.600. The molecule has 3 nitrogen and oxygen atoms in total. The van der Waals surface area contributed by atoms with Crippen LogP contribution >= 0.6 is 15.9 Å². The first-order valence-electron chi connectivity index (χ1n) is 6.99. The minimum atomic E-state index is 0.305. The Balaban J connectivity index is 2.40. The van der Waals surface area contributed by atoms with Crippen molar-refractivity contribution in [1.82, 2.24) is 10.2 Å². The van der Waals surface area contributed by atoms with Crippen LogP contribution in [0.3, 0.4) is 0 Å². The predicted molar refractivity (Wildman–Crippen MR) is 82.8 cm³/mol. The monoisotopic (exact) mass is 326 g/mol. The Morgan fingerprint density at radius 3 is 2.58 bits per heavy atom. The van der Waals surface area contributed by atoms with Crippen molar-refractivity contribution in [3.8, 4) is 5.75 Å². The first kappa shape index (κ1) is 14.8. The number of aromatic hydroxyl groups is 1. The van der Waals surface area contributed by atoms with Gasteiger partial charge in [0, 0.05) is 42.3 Å². The summed E-state index contributed by atoms with van der Waals surface area (Å²) in [6, 6.07) is 2.18. The van der Waals surface area contributed by atoms with Crippen molar-refractivity contribution < 1.29 is 5.11 Å². The summed E-state index contributed by atoms with van der Waals surface area (Å²) in [4.78, 5) is 2.47. The maximum atomic E-state index is 10.4. The maximum absolute atomic E-state index is 10.4. The van der Waals surface area contributed by atoms with E-state index in [0.717, 1.165) is 48.2 Å². The van der Waals surface area contributed by atoms with E-state index >= 15 is 0 Å². The molecule has 1 aromatic rings. The number of rotatable bonds is 3. The molecular weight excluding hydrogens is 304 g/mol. The lowest BCUT2D eigenvalue weighted by Gasteiger charge is -2.36. The van der Waals surface area contributed by atoms with Gasteiger partial charge in [0.25, 0.3) is 0 Å². The standard InChI is InChI=1S/C15H23BrN2O/c1-4-12(18-7-5-17-6-8-18)14-11(3)15(16)10(2)9-13(14)19/h9,12,17,19H,4-8H2,1-3H3/t12-/m1/s1. The van der Waals surface area contributed by atoms with Gasteiger partial charge >= 0.3 is 0 Å². The number of phenolic OH excluding ortho intramolecular Hbond substituents is 1. The number of piperazine rings is 1. The van der Waals surface area contributed by atoms with Crippen molar-refractivity contribution in [3.63, 3.8) is 0 Å². The minimum absolute atomic E-state index is 0.305. The molecule has 1 aromatic carbocycles. The van der Waals surface area contributed by atoms with Crippen molar-refractivity contribution >= 4 is 15.9 Å². The van der Waals surface area contributed by atoms with Gasteiger partial charge in [-0.15, -0.1) is 0 Å². The van der Waals surface area contributed by atoms with E-state index in [4.69, 9.17) is 0 Å². The molecule has 0 radical (unpaired) electrons. The predicted octanol–water partition coefficient (Wildman–Crippen LogP) is 3.13. The summed E-state index contributed by atoms with van der Waals surface area (Å²) >= 11 is 3.64. The largest absolute Gasteiger partial charge is 0.508 e. The second-order valence-electron chi connectivity index (χ2n) is 5.28. The molecule has 106 valence electrons. The number of aryl methyl sites for hydroxylation is 1. The summed E-state index contributed by atoms with van der Waals surface area (Å²) in [5.74, 6) is 0.434. The van der Waals surface area contributed by atoms with E-state index < -0.39 is 0 Å². The third-order valence-electron chi connectivity index (χ3n) is 4.02. The van der Waals surface area contributed by atoms with Gasteiger partial charge in [-0.2, -0.15) is 0 Å². The number of nitrogens with one attached hydrogen (secondary N) is 1. The number of nitrogens with zero attached hydrogens (tertiary/aromatic N) is 1. The van der Waals surface area contributed by atoms with Gasteiger partial charge in [0.15, 0.2) is 0 Å². The zero-order chi connectivity index (χ0) is 14.0. The van der Waals surface area contributed by atoms with Gasteiger partial charge in [-0.3, -0.25) is 4.90 Å². The lowest BCUT2D eigenvalue weighted by Crippen LogP contribution is -2.45. The first-order chi connectivity index (χ1) is 9.06. The van der Waals surface area contributed by atoms with Crippen LogP contribution in [0.25, 0.3) is 0 Å². The normalized spacial score (nSPS) is 18.5. The Morgan fingerprint density at radius 1 is 1.37 bits per heavy atom. The summed E-state index contributed by atoms with van der Waals surface area (Å²) in [6.45, 7) is 10.5. The molecule has 2 rings (SSSR count). The van der Waals surface area contributed by atoms with Gasteiger partial charge in [0.2, 0.25) is 0 Å². The second kappa shape index (κ2) is 6.25. The number of hydrogen-bond acceptors (Lipinski definition) is 3.